The fraction of sp³-hybridized carbons (Fsp3) is 0.300. The molecule has 3 N–H and O–H groups in total. The third-order valence-electron chi connectivity index (χ3n) is 2.18. The van der Waals surface area contributed by atoms with Gasteiger partial charge in [-0.05, 0) is 25.0 Å². The molecule has 3 nitrogen and oxygen atoms in total. The molecular weight excluding hydrogens is 164 g/mol. The SMILES string of the molecule is CC=C1C(C)=CC=CC1C(=O)NN. The fourth-order valence-corrected chi connectivity index (χ4v) is 1.48. The summed E-state index contributed by atoms with van der Waals surface area (Å²) in [7, 11) is 0. The lowest BCUT2D eigenvalue weighted by Crippen LogP contribution is -2.36. The van der Waals surface area contributed by atoms with Gasteiger partial charge in [0.25, 0.3) is 0 Å². The molecule has 0 fully saturated rings. The van der Waals surface area contributed by atoms with Crippen LogP contribution in [0.3, 0.4) is 0 Å². The summed E-state index contributed by atoms with van der Waals surface area (Å²) >= 11 is 0. The number of allylic oxidation sites excluding steroid dienone is 4. The summed E-state index contributed by atoms with van der Waals surface area (Å²) in [4.78, 5) is 11.3. The quantitative estimate of drug-likeness (QED) is 0.358. The highest BCUT2D eigenvalue weighted by atomic mass is 16.2. The lowest BCUT2D eigenvalue weighted by molar-refractivity contribution is -0.122. The van der Waals surface area contributed by atoms with Crippen LogP contribution in [0.15, 0.2) is 35.5 Å². The van der Waals surface area contributed by atoms with Crippen LogP contribution in [-0.2, 0) is 4.79 Å². The minimum absolute atomic E-state index is 0.170. The molecule has 1 rings (SSSR count). The van der Waals surface area contributed by atoms with E-state index in [1.54, 1.807) is 0 Å². The van der Waals surface area contributed by atoms with Crippen molar-refractivity contribution in [2.45, 2.75) is 13.8 Å². The van der Waals surface area contributed by atoms with Crippen molar-refractivity contribution in [3.05, 3.63) is 35.5 Å². The molecule has 0 aromatic rings. The van der Waals surface area contributed by atoms with Gasteiger partial charge in [-0.15, -0.1) is 0 Å². The second kappa shape index (κ2) is 4.05. The average Bonchev–Trinajstić information content (AvgIpc) is 2.16. The number of nitrogens with two attached hydrogens (primary N) is 1. The molecule has 70 valence electrons. The van der Waals surface area contributed by atoms with Gasteiger partial charge in [0.2, 0.25) is 5.91 Å². The monoisotopic (exact) mass is 178 g/mol. The maximum absolute atomic E-state index is 11.3. The Morgan fingerprint density at radius 2 is 2.38 bits per heavy atom. The molecule has 0 saturated carbocycles. The number of hydrazine groups is 1. The normalized spacial score (nSPS) is 24.4. The lowest BCUT2D eigenvalue weighted by Gasteiger charge is -2.18. The molecule has 0 aromatic heterocycles. The zero-order valence-corrected chi connectivity index (χ0v) is 7.87. The van der Waals surface area contributed by atoms with Crippen molar-refractivity contribution in [1.29, 1.82) is 0 Å². The second-order valence-corrected chi connectivity index (χ2v) is 2.96. The Bertz CT molecular complexity index is 300. The summed E-state index contributed by atoms with van der Waals surface area (Å²) in [5.74, 6) is 4.68. The zero-order valence-electron chi connectivity index (χ0n) is 7.87. The predicted octanol–water partition coefficient (Wildman–Crippen LogP) is 1.05. The minimum Gasteiger partial charge on any atom is -0.293 e. The molecule has 0 saturated heterocycles. The summed E-state index contributed by atoms with van der Waals surface area (Å²) in [6.07, 6.45) is 7.64. The number of hydrogen-bond acceptors (Lipinski definition) is 2. The standard InChI is InChI=1S/C10H14N2O/c1-3-8-7(2)5-4-6-9(8)10(13)12-11/h3-6,9H,11H2,1-2H3,(H,12,13). The van der Waals surface area contributed by atoms with Gasteiger partial charge in [-0.3, -0.25) is 10.2 Å². The van der Waals surface area contributed by atoms with Gasteiger partial charge in [0.05, 0.1) is 5.92 Å². The smallest absolute Gasteiger partial charge is 0.245 e. The van der Waals surface area contributed by atoms with E-state index in [0.29, 0.717) is 0 Å². The topological polar surface area (TPSA) is 55.1 Å². The Morgan fingerprint density at radius 3 is 2.92 bits per heavy atom. The largest absolute Gasteiger partial charge is 0.293 e. The molecule has 0 bridgehead atoms. The third-order valence-corrected chi connectivity index (χ3v) is 2.18. The molecule has 1 atom stereocenters. The van der Waals surface area contributed by atoms with Crippen LogP contribution in [0.4, 0.5) is 0 Å². The van der Waals surface area contributed by atoms with Crippen molar-refractivity contribution < 1.29 is 4.79 Å². The van der Waals surface area contributed by atoms with Crippen molar-refractivity contribution in [2.75, 3.05) is 0 Å². The molecule has 0 radical (unpaired) electrons. The van der Waals surface area contributed by atoms with Crippen LogP contribution >= 0.6 is 0 Å². The predicted molar refractivity (Wildman–Crippen MR) is 52.5 cm³/mol. The molecule has 13 heavy (non-hydrogen) atoms. The van der Waals surface area contributed by atoms with Crippen molar-refractivity contribution >= 4 is 5.91 Å². The van der Waals surface area contributed by atoms with E-state index in [0.717, 1.165) is 11.1 Å². The van der Waals surface area contributed by atoms with E-state index in [2.05, 4.69) is 5.43 Å². The van der Waals surface area contributed by atoms with Gasteiger partial charge >= 0.3 is 0 Å². The molecule has 0 aromatic carbocycles. The second-order valence-electron chi connectivity index (χ2n) is 2.96. The summed E-state index contributed by atoms with van der Waals surface area (Å²) < 4.78 is 0. The van der Waals surface area contributed by atoms with Gasteiger partial charge in [0.1, 0.15) is 0 Å². The van der Waals surface area contributed by atoms with E-state index in [1.807, 2.05) is 38.2 Å². The molecule has 1 unspecified atom stereocenters. The van der Waals surface area contributed by atoms with Gasteiger partial charge in [-0.25, -0.2) is 5.84 Å². The molecule has 3 heteroatoms. The maximum atomic E-state index is 11.3. The zero-order chi connectivity index (χ0) is 9.84. The van der Waals surface area contributed by atoms with Crippen molar-refractivity contribution in [1.82, 2.24) is 5.43 Å². The van der Waals surface area contributed by atoms with Gasteiger partial charge < -0.3 is 0 Å². The van der Waals surface area contributed by atoms with E-state index in [9.17, 15) is 4.79 Å². The Labute approximate surface area is 78.0 Å². The van der Waals surface area contributed by atoms with Crippen molar-refractivity contribution in [2.24, 2.45) is 11.8 Å². The average molecular weight is 178 g/mol. The first-order valence-electron chi connectivity index (χ1n) is 4.22. The van der Waals surface area contributed by atoms with Crippen LogP contribution in [0.2, 0.25) is 0 Å². The summed E-state index contributed by atoms with van der Waals surface area (Å²) in [6.45, 7) is 3.90. The van der Waals surface area contributed by atoms with Crippen LogP contribution < -0.4 is 11.3 Å². The highest BCUT2D eigenvalue weighted by Gasteiger charge is 2.21. The van der Waals surface area contributed by atoms with Crippen LogP contribution in [0.5, 0.6) is 0 Å². The van der Waals surface area contributed by atoms with Crippen LogP contribution in [0.1, 0.15) is 13.8 Å². The molecule has 0 spiro atoms. The van der Waals surface area contributed by atoms with E-state index in [-0.39, 0.29) is 11.8 Å². The maximum Gasteiger partial charge on any atom is 0.245 e. The Kier molecular flexibility index (Phi) is 3.03. The fourth-order valence-electron chi connectivity index (χ4n) is 1.48. The lowest BCUT2D eigenvalue weighted by atomic mass is 9.88. The summed E-state index contributed by atoms with van der Waals surface area (Å²) in [6, 6.07) is 0. The molecular formula is C10H14N2O. The van der Waals surface area contributed by atoms with Crippen LogP contribution in [-0.4, -0.2) is 5.91 Å². The van der Waals surface area contributed by atoms with Crippen LogP contribution in [0.25, 0.3) is 0 Å². The van der Waals surface area contributed by atoms with Gasteiger partial charge in [-0.1, -0.05) is 24.3 Å². The van der Waals surface area contributed by atoms with Crippen LogP contribution in [0, 0.1) is 5.92 Å². The van der Waals surface area contributed by atoms with Gasteiger partial charge in [0.15, 0.2) is 0 Å². The number of rotatable bonds is 1. The first-order valence-corrected chi connectivity index (χ1v) is 4.22. The number of nitrogens with one attached hydrogen (secondary N) is 1. The molecule has 1 aliphatic rings. The molecule has 0 heterocycles. The van der Waals surface area contributed by atoms with Gasteiger partial charge in [0, 0.05) is 0 Å². The third kappa shape index (κ3) is 1.87. The number of carbonyl (C=O) groups excluding carboxylic acids is 1. The van der Waals surface area contributed by atoms with E-state index in [4.69, 9.17) is 5.84 Å². The van der Waals surface area contributed by atoms with E-state index < -0.39 is 0 Å². The highest BCUT2D eigenvalue weighted by Crippen LogP contribution is 2.24. The summed E-state index contributed by atoms with van der Waals surface area (Å²) in [5.41, 5.74) is 4.29. The number of carbonyl (C=O) groups is 1. The summed E-state index contributed by atoms with van der Waals surface area (Å²) in [5, 5.41) is 0. The Morgan fingerprint density at radius 1 is 1.69 bits per heavy atom. The molecule has 1 amide bonds. The Balaban J connectivity index is 2.95. The molecule has 1 aliphatic carbocycles. The number of hydrogen-bond donors (Lipinski definition) is 2. The first kappa shape index (κ1) is 9.74. The highest BCUT2D eigenvalue weighted by molar-refractivity contribution is 5.84. The Hall–Kier alpha value is -1.35. The van der Waals surface area contributed by atoms with E-state index >= 15 is 0 Å². The first-order chi connectivity index (χ1) is 6.20. The van der Waals surface area contributed by atoms with E-state index in [1.165, 1.54) is 0 Å². The molecule has 0 aliphatic heterocycles. The number of amides is 1. The minimum atomic E-state index is -0.236. The van der Waals surface area contributed by atoms with Gasteiger partial charge in [-0.2, -0.15) is 0 Å². The van der Waals surface area contributed by atoms with Crippen molar-refractivity contribution in [3.8, 4) is 0 Å². The van der Waals surface area contributed by atoms with Crippen molar-refractivity contribution in [3.63, 3.8) is 0 Å².